The number of hydrogen-bond donors (Lipinski definition) is 5. The zero-order chi connectivity index (χ0) is 17.9. The van der Waals surface area contributed by atoms with E-state index in [4.69, 9.17) is 0 Å². The van der Waals surface area contributed by atoms with Crippen LogP contribution in [0.15, 0.2) is 0 Å². The third-order valence-electron chi connectivity index (χ3n) is 0. The maximum absolute atomic E-state index is 9.31. The zero-order valence-corrected chi connectivity index (χ0v) is 24.5. The van der Waals surface area contributed by atoms with E-state index in [0.717, 1.165) is 0 Å². The summed E-state index contributed by atoms with van der Waals surface area (Å²) in [6, 6.07) is 0. The standard InChI is InChI=1S/5C2H4OS.2K.2H/c5*1-2(3)4;;;;/h5*1H3,(H,3,4);;;;/q;;;;;2*+1;2*-1. The fraction of sp³-hybridized carbons (Fsp3) is 0.500. The normalized spacial score (nSPS) is 5.91. The minimum absolute atomic E-state index is 0. The molecule has 0 atom stereocenters. The van der Waals surface area contributed by atoms with Crippen LogP contribution in [0.25, 0.3) is 0 Å². The van der Waals surface area contributed by atoms with Gasteiger partial charge in [-0.2, -0.15) is 0 Å². The van der Waals surface area contributed by atoms with Crippen LogP contribution in [0.5, 0.6) is 0 Å². The number of rotatable bonds is 0. The van der Waals surface area contributed by atoms with Crippen LogP contribution in [0.4, 0.5) is 0 Å². The second-order valence-electron chi connectivity index (χ2n) is 2.60. The Labute approximate surface area is 247 Å². The molecule has 0 rings (SSSR count). The van der Waals surface area contributed by atoms with E-state index >= 15 is 0 Å². The molecule has 0 fully saturated rings. The Morgan fingerprint density at radius 2 is 0.455 bits per heavy atom. The first-order chi connectivity index (χ1) is 8.66. The average Bonchev–Trinajstić information content (AvgIpc) is 1.94. The Hall–Kier alpha value is 3.37. The van der Waals surface area contributed by atoms with Gasteiger partial charge in [0.25, 0.3) is 0 Å². The van der Waals surface area contributed by atoms with E-state index in [0.29, 0.717) is 0 Å². The summed E-state index contributed by atoms with van der Waals surface area (Å²) in [4.78, 5) is 46.5. The minimum Gasteiger partial charge on any atom is -1.00 e. The molecule has 0 aliphatic carbocycles. The van der Waals surface area contributed by atoms with Gasteiger partial charge in [-0.25, -0.2) is 0 Å². The number of hydrogen-bond acceptors (Lipinski definition) is 5. The molecule has 0 radical (unpaired) electrons. The van der Waals surface area contributed by atoms with E-state index in [-0.39, 0.29) is 131 Å². The third kappa shape index (κ3) is 1030. The van der Waals surface area contributed by atoms with Crippen LogP contribution in [-0.2, 0) is 24.0 Å². The van der Waals surface area contributed by atoms with Gasteiger partial charge in [-0.05, 0) is 0 Å². The van der Waals surface area contributed by atoms with Crippen molar-refractivity contribution in [2.45, 2.75) is 34.6 Å². The second kappa shape index (κ2) is 39.4. The molecule has 22 heavy (non-hydrogen) atoms. The summed E-state index contributed by atoms with van der Waals surface area (Å²) in [7, 11) is 0. The molecular weight excluding hydrogens is 439 g/mol. The van der Waals surface area contributed by atoms with Crippen LogP contribution < -0.4 is 103 Å². The predicted molar refractivity (Wildman–Crippen MR) is 101 cm³/mol. The largest absolute Gasteiger partial charge is 1.00 e. The van der Waals surface area contributed by atoms with Gasteiger partial charge < -0.3 is 2.85 Å². The van der Waals surface area contributed by atoms with Crippen LogP contribution in [0.2, 0.25) is 0 Å². The Balaban J connectivity index is -0.0000000161. The number of thiol groups is 5. The smallest absolute Gasteiger partial charge is 1.00 e. The minimum atomic E-state index is -0.139. The van der Waals surface area contributed by atoms with Crippen molar-refractivity contribution in [2.24, 2.45) is 0 Å². The molecule has 12 heteroatoms. The molecule has 0 aromatic heterocycles. The fourth-order valence-corrected chi connectivity index (χ4v) is 0. The topological polar surface area (TPSA) is 85.3 Å². The summed E-state index contributed by atoms with van der Waals surface area (Å²) >= 11 is 16.6. The molecule has 0 aromatic carbocycles. The Morgan fingerprint density at radius 1 is 0.455 bits per heavy atom. The third-order valence-corrected chi connectivity index (χ3v) is 0. The monoisotopic (exact) mass is 460 g/mol. The summed E-state index contributed by atoms with van der Waals surface area (Å²) in [5, 5.41) is -0.694. The van der Waals surface area contributed by atoms with Crippen molar-refractivity contribution in [3.8, 4) is 0 Å². The average molecular weight is 461 g/mol. The van der Waals surface area contributed by atoms with Gasteiger partial charge >= 0.3 is 103 Å². The Morgan fingerprint density at radius 3 is 0.455 bits per heavy atom. The number of carbonyl (C=O) groups excluding carboxylic acids is 5. The van der Waals surface area contributed by atoms with Crippen molar-refractivity contribution in [1.29, 1.82) is 0 Å². The molecule has 124 valence electrons. The van der Waals surface area contributed by atoms with Crippen molar-refractivity contribution in [3.63, 3.8) is 0 Å². The Kier molecular flexibility index (Phi) is 80.1. The van der Waals surface area contributed by atoms with E-state index in [2.05, 4.69) is 63.1 Å². The van der Waals surface area contributed by atoms with Gasteiger partial charge in [-0.15, -0.1) is 63.1 Å². The molecular formula is C10H22K2O5S5. The van der Waals surface area contributed by atoms with E-state index in [1.807, 2.05) is 0 Å². The summed E-state index contributed by atoms with van der Waals surface area (Å²) < 4.78 is 0. The molecule has 0 N–H and O–H groups in total. The van der Waals surface area contributed by atoms with Gasteiger partial charge in [0.2, 0.25) is 0 Å². The molecule has 0 unspecified atom stereocenters. The van der Waals surface area contributed by atoms with Crippen LogP contribution in [0, 0.1) is 0 Å². The molecule has 0 heterocycles. The van der Waals surface area contributed by atoms with Crippen molar-refractivity contribution in [1.82, 2.24) is 0 Å². The van der Waals surface area contributed by atoms with Crippen LogP contribution in [0.3, 0.4) is 0 Å². The molecule has 0 spiro atoms. The van der Waals surface area contributed by atoms with Gasteiger partial charge in [-0.1, -0.05) is 0 Å². The zero-order valence-electron chi connectivity index (χ0n) is 15.8. The maximum atomic E-state index is 9.31. The molecule has 0 saturated heterocycles. The summed E-state index contributed by atoms with van der Waals surface area (Å²) in [6.07, 6.45) is 0. The SMILES string of the molecule is CC(=O)S.CC(=O)S.CC(=O)S.CC(=O)S.CC(=O)S.[H-].[H-].[K+].[K+]. The van der Waals surface area contributed by atoms with Gasteiger partial charge in [0.1, 0.15) is 0 Å². The first kappa shape index (κ1) is 44.7. The second-order valence-corrected chi connectivity index (χ2v) is 5.74. The van der Waals surface area contributed by atoms with E-state index < -0.39 is 0 Å². The van der Waals surface area contributed by atoms with Crippen LogP contribution in [0.1, 0.15) is 37.5 Å². The van der Waals surface area contributed by atoms with Crippen molar-refractivity contribution in [2.75, 3.05) is 0 Å². The van der Waals surface area contributed by atoms with Gasteiger partial charge in [-0.3, -0.25) is 24.0 Å². The maximum Gasteiger partial charge on any atom is 1.00 e. The summed E-state index contributed by atoms with van der Waals surface area (Å²) in [5.74, 6) is 0. The van der Waals surface area contributed by atoms with Crippen LogP contribution >= 0.6 is 63.1 Å². The predicted octanol–water partition coefficient (Wildman–Crippen LogP) is -3.45. The van der Waals surface area contributed by atoms with E-state index in [1.54, 1.807) is 0 Å². The molecule has 0 aromatic rings. The van der Waals surface area contributed by atoms with E-state index in [9.17, 15) is 24.0 Å². The van der Waals surface area contributed by atoms with Crippen molar-refractivity contribution in [3.05, 3.63) is 0 Å². The first-order valence-electron chi connectivity index (χ1n) is 4.64. The molecule has 0 aliphatic heterocycles. The number of carbonyl (C=O) groups is 5. The molecule has 0 amide bonds. The molecule has 0 bridgehead atoms. The van der Waals surface area contributed by atoms with Gasteiger partial charge in [0.05, 0.1) is 0 Å². The van der Waals surface area contributed by atoms with Crippen LogP contribution in [-0.4, -0.2) is 25.6 Å². The van der Waals surface area contributed by atoms with Crippen molar-refractivity contribution < 1.29 is 130 Å². The summed E-state index contributed by atoms with van der Waals surface area (Å²) in [5.41, 5.74) is 0. The fourth-order valence-electron chi connectivity index (χ4n) is 0. The van der Waals surface area contributed by atoms with E-state index in [1.165, 1.54) is 34.6 Å². The summed E-state index contributed by atoms with van der Waals surface area (Å²) in [6.45, 7) is 6.96. The van der Waals surface area contributed by atoms with Gasteiger partial charge in [0, 0.05) is 34.6 Å². The van der Waals surface area contributed by atoms with Crippen molar-refractivity contribution >= 4 is 88.7 Å². The quantitative estimate of drug-likeness (QED) is 0.192. The van der Waals surface area contributed by atoms with Gasteiger partial charge in [0.15, 0.2) is 25.6 Å². The molecule has 0 saturated carbocycles. The Bertz CT molecular complexity index is 234. The first-order valence-corrected chi connectivity index (χ1v) is 6.87. The molecule has 5 nitrogen and oxygen atoms in total. The molecule has 0 aliphatic rings.